The summed E-state index contributed by atoms with van der Waals surface area (Å²) < 4.78 is 2.20. The number of rotatable bonds is 5. The van der Waals surface area contributed by atoms with Crippen LogP contribution in [-0.2, 0) is 6.54 Å². The van der Waals surface area contributed by atoms with Crippen molar-refractivity contribution < 1.29 is 0 Å². The first-order chi connectivity index (χ1) is 15.6. The molecule has 0 radical (unpaired) electrons. The average molecular weight is 441 g/mol. The van der Waals surface area contributed by atoms with Crippen LogP contribution < -0.4 is 5.32 Å². The molecule has 1 aliphatic rings. The summed E-state index contributed by atoms with van der Waals surface area (Å²) in [6.07, 6.45) is 5.47. The van der Waals surface area contributed by atoms with Gasteiger partial charge in [-0.25, -0.2) is 4.98 Å². The molecule has 5 rings (SSSR count). The van der Waals surface area contributed by atoms with E-state index in [1.54, 1.807) is 0 Å². The lowest BCUT2D eigenvalue weighted by molar-refractivity contribution is 0.307. The second-order valence-electron chi connectivity index (χ2n) is 7.93. The van der Waals surface area contributed by atoms with Crippen molar-refractivity contribution in [3.05, 3.63) is 108 Å². The average Bonchev–Trinajstić information content (AvgIpc) is 3.30. The minimum atomic E-state index is -0.0647. The summed E-state index contributed by atoms with van der Waals surface area (Å²) in [7, 11) is 0. The fourth-order valence-corrected chi connectivity index (χ4v) is 4.81. The Hall–Kier alpha value is -3.58. The molecule has 32 heavy (non-hydrogen) atoms. The lowest BCUT2D eigenvalue weighted by Crippen LogP contribution is -2.29. The molecule has 160 valence electrons. The fraction of sp³-hybridized carbons (Fsp3) is 0.200. The Kier molecular flexibility index (Phi) is 5.41. The van der Waals surface area contributed by atoms with Gasteiger partial charge in [-0.2, -0.15) is 0 Å². The van der Waals surface area contributed by atoms with Gasteiger partial charge in [0.05, 0.1) is 30.0 Å². The number of thiocarbonyl (C=S) groups is 1. The number of nitrogens with zero attached hydrogens (tertiary/aromatic N) is 5. The number of aromatic nitrogens is 4. The Bertz CT molecular complexity index is 1220. The van der Waals surface area contributed by atoms with E-state index in [0.29, 0.717) is 11.7 Å². The quantitative estimate of drug-likeness (QED) is 0.463. The topological polar surface area (TPSA) is 58.9 Å². The molecule has 0 bridgehead atoms. The van der Waals surface area contributed by atoms with Gasteiger partial charge < -0.3 is 14.8 Å². The molecule has 4 aromatic heterocycles. The zero-order valence-corrected chi connectivity index (χ0v) is 18.8. The minimum absolute atomic E-state index is 0.0249. The van der Waals surface area contributed by atoms with Crippen molar-refractivity contribution in [2.24, 2.45) is 0 Å². The van der Waals surface area contributed by atoms with Crippen LogP contribution in [0.5, 0.6) is 0 Å². The highest BCUT2D eigenvalue weighted by molar-refractivity contribution is 7.80. The predicted molar refractivity (Wildman–Crippen MR) is 128 cm³/mol. The Morgan fingerprint density at radius 2 is 1.62 bits per heavy atom. The standard InChI is InChI=1S/C25H24N6S/c1-17-15-20(18(2)31(17)22-11-5-8-14-28-22)24-23(21-10-4-7-13-27-21)29-25(32)30(24)16-19-9-3-6-12-26-19/h3-15,23-24H,16H2,1-2H3,(H,29,32)/t23-,24-/m0/s1. The Morgan fingerprint density at radius 1 is 0.906 bits per heavy atom. The molecule has 6 nitrogen and oxygen atoms in total. The second-order valence-corrected chi connectivity index (χ2v) is 8.31. The van der Waals surface area contributed by atoms with Crippen molar-refractivity contribution in [3.8, 4) is 5.82 Å². The predicted octanol–water partition coefficient (Wildman–Crippen LogP) is 4.45. The van der Waals surface area contributed by atoms with E-state index in [9.17, 15) is 0 Å². The normalized spacial score (nSPS) is 18.1. The van der Waals surface area contributed by atoms with E-state index in [1.807, 2.05) is 67.1 Å². The van der Waals surface area contributed by atoms with Gasteiger partial charge in [0.15, 0.2) is 5.11 Å². The van der Waals surface area contributed by atoms with Crippen LogP contribution in [0.2, 0.25) is 0 Å². The van der Waals surface area contributed by atoms with Gasteiger partial charge in [0.2, 0.25) is 0 Å². The Labute approximate surface area is 193 Å². The maximum Gasteiger partial charge on any atom is 0.170 e. The first kappa shape index (κ1) is 20.3. The minimum Gasteiger partial charge on any atom is -0.352 e. The van der Waals surface area contributed by atoms with Crippen molar-refractivity contribution in [1.29, 1.82) is 0 Å². The van der Waals surface area contributed by atoms with Crippen LogP contribution in [0.15, 0.2) is 79.3 Å². The van der Waals surface area contributed by atoms with Gasteiger partial charge in [-0.1, -0.05) is 18.2 Å². The molecule has 0 unspecified atom stereocenters. The van der Waals surface area contributed by atoms with E-state index in [1.165, 1.54) is 5.56 Å². The molecular formula is C25H24N6S. The first-order valence-electron chi connectivity index (χ1n) is 10.6. The summed E-state index contributed by atoms with van der Waals surface area (Å²) in [5, 5.41) is 4.23. The first-order valence-corrected chi connectivity index (χ1v) is 11.0. The van der Waals surface area contributed by atoms with Crippen molar-refractivity contribution in [2.45, 2.75) is 32.5 Å². The van der Waals surface area contributed by atoms with E-state index in [0.717, 1.165) is 28.6 Å². The summed E-state index contributed by atoms with van der Waals surface area (Å²) in [6, 6.07) is 20.1. The SMILES string of the molecule is Cc1cc([C@H]2[C@H](c3ccccn3)NC(=S)N2Cc2ccccn2)c(C)n1-c1ccccn1. The van der Waals surface area contributed by atoms with Crippen LogP contribution in [0, 0.1) is 13.8 Å². The summed E-state index contributed by atoms with van der Waals surface area (Å²) in [5.74, 6) is 0.910. The largest absolute Gasteiger partial charge is 0.352 e. The third kappa shape index (κ3) is 3.65. The third-order valence-electron chi connectivity index (χ3n) is 5.92. The molecule has 1 saturated heterocycles. The summed E-state index contributed by atoms with van der Waals surface area (Å²) in [6.45, 7) is 4.88. The number of hydrogen-bond acceptors (Lipinski definition) is 4. The van der Waals surface area contributed by atoms with Gasteiger partial charge in [-0.05, 0) is 74.1 Å². The van der Waals surface area contributed by atoms with E-state index in [2.05, 4.69) is 55.7 Å². The van der Waals surface area contributed by atoms with Crippen molar-refractivity contribution in [1.82, 2.24) is 29.7 Å². The lowest BCUT2D eigenvalue weighted by atomic mass is 9.96. The fourth-order valence-electron chi connectivity index (χ4n) is 4.51. The van der Waals surface area contributed by atoms with Crippen LogP contribution in [0.3, 0.4) is 0 Å². The Balaban J connectivity index is 1.62. The van der Waals surface area contributed by atoms with Gasteiger partial charge in [0, 0.05) is 30.0 Å². The summed E-state index contributed by atoms with van der Waals surface area (Å²) >= 11 is 5.81. The maximum atomic E-state index is 5.81. The summed E-state index contributed by atoms with van der Waals surface area (Å²) in [4.78, 5) is 16.0. The molecule has 0 amide bonds. The van der Waals surface area contributed by atoms with Gasteiger partial charge in [0.25, 0.3) is 0 Å². The molecule has 5 heterocycles. The van der Waals surface area contributed by atoms with Crippen LogP contribution in [0.4, 0.5) is 0 Å². The second kappa shape index (κ2) is 8.51. The third-order valence-corrected chi connectivity index (χ3v) is 6.28. The van der Waals surface area contributed by atoms with E-state index < -0.39 is 0 Å². The van der Waals surface area contributed by atoms with Gasteiger partial charge in [-0.15, -0.1) is 0 Å². The molecule has 7 heteroatoms. The highest BCUT2D eigenvalue weighted by Gasteiger charge is 2.41. The van der Waals surface area contributed by atoms with Gasteiger partial charge in [0.1, 0.15) is 5.82 Å². The smallest absolute Gasteiger partial charge is 0.170 e. The molecule has 1 fully saturated rings. The lowest BCUT2D eigenvalue weighted by Gasteiger charge is -2.28. The molecule has 1 N–H and O–H groups in total. The molecule has 0 aliphatic carbocycles. The molecule has 0 spiro atoms. The van der Waals surface area contributed by atoms with E-state index >= 15 is 0 Å². The molecule has 4 aromatic rings. The van der Waals surface area contributed by atoms with Crippen LogP contribution in [0.1, 0.15) is 40.4 Å². The number of aryl methyl sites for hydroxylation is 1. The highest BCUT2D eigenvalue weighted by Crippen LogP contribution is 2.41. The van der Waals surface area contributed by atoms with Gasteiger partial charge >= 0.3 is 0 Å². The van der Waals surface area contributed by atoms with Crippen LogP contribution in [0.25, 0.3) is 5.82 Å². The molecule has 2 atom stereocenters. The monoisotopic (exact) mass is 440 g/mol. The zero-order valence-electron chi connectivity index (χ0n) is 18.0. The maximum absolute atomic E-state index is 5.81. The van der Waals surface area contributed by atoms with E-state index in [-0.39, 0.29) is 12.1 Å². The van der Waals surface area contributed by atoms with Gasteiger partial charge in [-0.3, -0.25) is 9.97 Å². The highest BCUT2D eigenvalue weighted by atomic mass is 32.1. The van der Waals surface area contributed by atoms with Crippen molar-refractivity contribution >= 4 is 17.3 Å². The van der Waals surface area contributed by atoms with Crippen molar-refractivity contribution in [2.75, 3.05) is 0 Å². The zero-order chi connectivity index (χ0) is 22.1. The molecular weight excluding hydrogens is 416 g/mol. The molecule has 0 aromatic carbocycles. The Morgan fingerprint density at radius 3 is 2.28 bits per heavy atom. The van der Waals surface area contributed by atoms with Crippen molar-refractivity contribution in [3.63, 3.8) is 0 Å². The molecule has 1 aliphatic heterocycles. The van der Waals surface area contributed by atoms with E-state index in [4.69, 9.17) is 12.2 Å². The molecule has 0 saturated carbocycles. The summed E-state index contributed by atoms with van der Waals surface area (Å²) in [5.41, 5.74) is 5.41. The number of nitrogens with one attached hydrogen (secondary N) is 1. The number of pyridine rings is 3. The van der Waals surface area contributed by atoms with Crippen LogP contribution in [-0.4, -0.2) is 29.5 Å². The number of hydrogen-bond donors (Lipinski definition) is 1. The van der Waals surface area contributed by atoms with Crippen LogP contribution >= 0.6 is 12.2 Å².